The molecule has 0 radical (unpaired) electrons. The van der Waals surface area contributed by atoms with E-state index in [2.05, 4.69) is 5.32 Å². The van der Waals surface area contributed by atoms with Crippen LogP contribution < -0.4 is 10.1 Å². The zero-order chi connectivity index (χ0) is 13.6. The normalized spacial score (nSPS) is 22.2. The summed E-state index contributed by atoms with van der Waals surface area (Å²) in [6, 6.07) is 2.43. The van der Waals surface area contributed by atoms with E-state index in [1.54, 1.807) is 0 Å². The Morgan fingerprint density at radius 2 is 2.25 bits per heavy atom. The summed E-state index contributed by atoms with van der Waals surface area (Å²) in [5.74, 6) is 0.0755. The molecule has 0 saturated heterocycles. The molecule has 16 heavy (non-hydrogen) atoms. The lowest BCUT2D eigenvalue weighted by molar-refractivity contribution is -0.137. The molecule has 6 heteroatoms. The Hall–Kier alpha value is -0.940. The Labute approximate surface area is 101 Å². The van der Waals surface area contributed by atoms with Gasteiger partial charge >= 0.3 is 6.18 Å². The van der Waals surface area contributed by atoms with Crippen LogP contribution >= 0.6 is 12.4 Å². The second kappa shape index (κ2) is 4.51. The van der Waals surface area contributed by atoms with Gasteiger partial charge in [0.2, 0.25) is 0 Å². The molecular formula is C10H11ClF3NO. The summed E-state index contributed by atoms with van der Waals surface area (Å²) < 4.78 is 63.7. The lowest BCUT2D eigenvalue weighted by atomic mass is 10.1. The Balaban J connectivity index is 0.00000180. The third-order valence-electron chi connectivity index (χ3n) is 2.30. The van der Waals surface area contributed by atoms with Gasteiger partial charge in [0.05, 0.1) is 11.6 Å². The molecular weight excluding hydrogens is 243 g/mol. The quantitative estimate of drug-likeness (QED) is 0.834. The molecule has 0 bridgehead atoms. The predicted molar refractivity (Wildman–Crippen MR) is 56.0 cm³/mol. The molecule has 0 aromatic heterocycles. The van der Waals surface area contributed by atoms with Crippen molar-refractivity contribution >= 4 is 12.4 Å². The summed E-state index contributed by atoms with van der Waals surface area (Å²) in [4.78, 5) is 0. The minimum absolute atomic E-state index is 0. The van der Waals surface area contributed by atoms with E-state index in [9.17, 15) is 13.2 Å². The van der Waals surface area contributed by atoms with Crippen LogP contribution in [0.15, 0.2) is 18.2 Å². The number of hydrogen-bond acceptors (Lipinski definition) is 2. The molecule has 0 fully saturated rings. The zero-order valence-electron chi connectivity index (χ0n) is 11.0. The van der Waals surface area contributed by atoms with Crippen LogP contribution in [-0.2, 0) is 6.18 Å². The number of likely N-dealkylation sites (N-methyl/N-ethyl adjacent to an activating group) is 1. The molecule has 1 aromatic rings. The van der Waals surface area contributed by atoms with Crippen molar-refractivity contribution in [2.75, 3.05) is 13.6 Å². The largest absolute Gasteiger partial charge is 0.491 e. The van der Waals surface area contributed by atoms with Gasteiger partial charge in [-0.1, -0.05) is 6.07 Å². The van der Waals surface area contributed by atoms with Crippen molar-refractivity contribution in [2.45, 2.75) is 12.2 Å². The molecule has 0 aliphatic carbocycles. The topological polar surface area (TPSA) is 21.3 Å². The van der Waals surface area contributed by atoms with Gasteiger partial charge in [0.25, 0.3) is 0 Å². The van der Waals surface area contributed by atoms with Gasteiger partial charge in [-0.3, -0.25) is 0 Å². The highest BCUT2D eigenvalue weighted by molar-refractivity contribution is 5.85. The van der Waals surface area contributed by atoms with E-state index in [4.69, 9.17) is 8.85 Å². The van der Waals surface area contributed by atoms with Gasteiger partial charge in [-0.05, 0) is 19.1 Å². The molecule has 90 valence electrons. The van der Waals surface area contributed by atoms with Crippen LogP contribution in [0.1, 0.15) is 21.3 Å². The van der Waals surface area contributed by atoms with Gasteiger partial charge in [0.15, 0.2) is 0 Å². The third-order valence-corrected chi connectivity index (χ3v) is 2.30. The van der Waals surface area contributed by atoms with E-state index in [1.165, 1.54) is 6.07 Å². The molecule has 2 nitrogen and oxygen atoms in total. The van der Waals surface area contributed by atoms with Gasteiger partial charge < -0.3 is 10.1 Å². The first kappa shape index (κ1) is 9.13. The van der Waals surface area contributed by atoms with E-state index in [0.29, 0.717) is 5.56 Å². The number of fused-ring (bicyclic) bond motifs is 1. The maximum Gasteiger partial charge on any atom is 0.416 e. The van der Waals surface area contributed by atoms with Crippen LogP contribution in [-0.4, -0.2) is 13.6 Å². The molecule has 0 amide bonds. The van der Waals surface area contributed by atoms with Gasteiger partial charge in [0, 0.05) is 9.68 Å². The highest BCUT2D eigenvalue weighted by atomic mass is 35.5. The van der Waals surface area contributed by atoms with Crippen molar-refractivity contribution < 1.29 is 22.0 Å². The van der Waals surface area contributed by atoms with Crippen LogP contribution in [0.2, 0.25) is 0 Å². The lowest BCUT2D eigenvalue weighted by Gasteiger charge is -2.09. The summed E-state index contributed by atoms with van der Waals surface area (Å²) in [5, 5.41) is 2.33. The van der Waals surface area contributed by atoms with Crippen LogP contribution in [0.4, 0.5) is 13.2 Å². The standard InChI is InChI=1S/C10H10F3NO.ClH/c1-14-8-5-15-9-4-6(10(11,12)13)2-3-7(8)9;/h2-4,8,14H,5H2,1H3;1H/t8-;/m1./s1/i1D3;. The summed E-state index contributed by atoms with van der Waals surface area (Å²) >= 11 is 0. The van der Waals surface area contributed by atoms with Crippen LogP contribution in [0, 0.1) is 0 Å². The zero-order valence-corrected chi connectivity index (χ0v) is 8.78. The van der Waals surface area contributed by atoms with E-state index >= 15 is 0 Å². The number of benzene rings is 1. The predicted octanol–water partition coefficient (Wildman–Crippen LogP) is 2.78. The van der Waals surface area contributed by atoms with Crippen molar-refractivity contribution in [1.29, 1.82) is 0 Å². The third kappa shape index (κ3) is 2.25. The summed E-state index contributed by atoms with van der Waals surface area (Å²) in [6.45, 7) is -2.35. The average molecular weight is 257 g/mol. The highest BCUT2D eigenvalue weighted by Crippen LogP contribution is 2.37. The number of hydrogen-bond donors (Lipinski definition) is 1. The molecule has 1 aromatic carbocycles. The molecule has 1 heterocycles. The van der Waals surface area contributed by atoms with Crippen LogP contribution in [0.25, 0.3) is 0 Å². The van der Waals surface area contributed by atoms with Gasteiger partial charge in [-0.15, -0.1) is 12.4 Å². The van der Waals surface area contributed by atoms with E-state index < -0.39 is 24.8 Å². The first-order chi connectivity index (χ1) is 8.17. The van der Waals surface area contributed by atoms with Crippen molar-refractivity contribution in [2.24, 2.45) is 0 Å². The first-order valence-corrected chi connectivity index (χ1v) is 4.28. The molecule has 1 atom stereocenters. The summed E-state index contributed by atoms with van der Waals surface area (Å²) in [5.41, 5.74) is -0.380. The van der Waals surface area contributed by atoms with Crippen molar-refractivity contribution in [3.8, 4) is 5.75 Å². The minimum atomic E-state index is -4.44. The van der Waals surface area contributed by atoms with E-state index in [1.807, 2.05) is 0 Å². The number of nitrogens with one attached hydrogen (secondary N) is 1. The summed E-state index contributed by atoms with van der Waals surface area (Å²) in [6.07, 6.45) is -4.44. The van der Waals surface area contributed by atoms with Crippen LogP contribution in [0.5, 0.6) is 5.75 Å². The lowest BCUT2D eigenvalue weighted by Crippen LogP contribution is -2.17. The fraction of sp³-hybridized carbons (Fsp3) is 0.400. The molecule has 0 saturated carbocycles. The SMILES string of the molecule is Cl.[2H]C([2H])([2H])N[C@@H]1COc2cc(C(F)(F)F)ccc21. The Bertz CT molecular complexity index is 464. The second-order valence-corrected chi connectivity index (χ2v) is 3.26. The Morgan fingerprint density at radius 3 is 2.88 bits per heavy atom. The monoisotopic (exact) mass is 256 g/mol. The average Bonchev–Trinajstić information content (AvgIpc) is 2.57. The van der Waals surface area contributed by atoms with Gasteiger partial charge in [-0.25, -0.2) is 0 Å². The maximum atomic E-state index is 12.5. The molecule has 0 unspecified atom stereocenters. The van der Waals surface area contributed by atoms with Crippen molar-refractivity contribution in [3.63, 3.8) is 0 Å². The van der Waals surface area contributed by atoms with Crippen molar-refractivity contribution in [3.05, 3.63) is 29.3 Å². The molecule has 2 rings (SSSR count). The molecule has 1 aliphatic heterocycles. The number of alkyl halides is 3. The Kier molecular flexibility index (Phi) is 2.57. The van der Waals surface area contributed by atoms with E-state index in [-0.39, 0.29) is 24.8 Å². The smallest absolute Gasteiger partial charge is 0.416 e. The van der Waals surface area contributed by atoms with Crippen LogP contribution in [0.3, 0.4) is 0 Å². The van der Waals surface area contributed by atoms with Gasteiger partial charge in [0.1, 0.15) is 12.4 Å². The van der Waals surface area contributed by atoms with E-state index in [0.717, 1.165) is 12.1 Å². The second-order valence-electron chi connectivity index (χ2n) is 3.26. The number of halogens is 4. The number of ether oxygens (including phenoxy) is 1. The Morgan fingerprint density at radius 1 is 1.50 bits per heavy atom. The summed E-state index contributed by atoms with van der Waals surface area (Å²) in [7, 11) is 0. The van der Waals surface area contributed by atoms with Crippen molar-refractivity contribution in [1.82, 2.24) is 5.32 Å². The van der Waals surface area contributed by atoms with Gasteiger partial charge in [-0.2, -0.15) is 13.2 Å². The minimum Gasteiger partial charge on any atom is -0.491 e. The first-order valence-electron chi connectivity index (χ1n) is 5.78. The fourth-order valence-electron chi connectivity index (χ4n) is 1.51. The fourth-order valence-corrected chi connectivity index (χ4v) is 1.51. The number of rotatable bonds is 1. The molecule has 0 spiro atoms. The highest BCUT2D eigenvalue weighted by Gasteiger charge is 2.33. The maximum absolute atomic E-state index is 12.5. The molecule has 1 aliphatic rings. The molecule has 1 N–H and O–H groups in total.